The van der Waals surface area contributed by atoms with Crippen LogP contribution in [0.1, 0.15) is 5.69 Å². The summed E-state index contributed by atoms with van der Waals surface area (Å²) in [5, 5.41) is 9.48. The van der Waals surface area contributed by atoms with E-state index >= 15 is 0 Å². The van der Waals surface area contributed by atoms with E-state index in [9.17, 15) is 13.2 Å². The van der Waals surface area contributed by atoms with Gasteiger partial charge in [-0.25, -0.2) is 4.98 Å². The summed E-state index contributed by atoms with van der Waals surface area (Å²) >= 11 is 5.87. The van der Waals surface area contributed by atoms with Gasteiger partial charge in [0, 0.05) is 10.6 Å². The first-order valence-electron chi connectivity index (χ1n) is 5.95. The van der Waals surface area contributed by atoms with Crippen LogP contribution in [0.15, 0.2) is 36.4 Å². The highest BCUT2D eigenvalue weighted by Crippen LogP contribution is 2.31. The second-order valence-corrected chi connectivity index (χ2v) is 4.66. The molecule has 0 spiro atoms. The van der Waals surface area contributed by atoms with Gasteiger partial charge in [-0.3, -0.25) is 0 Å². The second-order valence-electron chi connectivity index (χ2n) is 4.23. The van der Waals surface area contributed by atoms with E-state index in [0.29, 0.717) is 16.1 Å². The quantitative estimate of drug-likeness (QED) is 0.931. The van der Waals surface area contributed by atoms with E-state index in [1.54, 1.807) is 24.3 Å². The fraction of sp³-hybridized carbons (Fsp3) is 0.214. The number of halogens is 4. The van der Waals surface area contributed by atoms with Crippen LogP contribution in [-0.4, -0.2) is 22.9 Å². The van der Waals surface area contributed by atoms with Crippen molar-refractivity contribution in [2.45, 2.75) is 12.8 Å². The summed E-state index contributed by atoms with van der Waals surface area (Å²) in [4.78, 5) is 3.89. The van der Waals surface area contributed by atoms with Crippen LogP contribution in [0, 0.1) is 0 Å². The zero-order valence-electron chi connectivity index (χ0n) is 10.7. The van der Waals surface area contributed by atoms with Crippen LogP contribution in [0.4, 0.5) is 13.2 Å². The Labute approximate surface area is 124 Å². The molecule has 1 aromatic heterocycles. The SMILES string of the molecule is OCc1ccc(-c2cccc(Cl)c2)c(OCC(F)(F)F)n1. The number of nitrogens with zero attached hydrogens (tertiary/aromatic N) is 1. The highest BCUT2D eigenvalue weighted by Gasteiger charge is 2.29. The van der Waals surface area contributed by atoms with Crippen molar-refractivity contribution in [1.29, 1.82) is 0 Å². The number of hydrogen-bond donors (Lipinski definition) is 1. The molecule has 2 rings (SSSR count). The molecule has 1 N–H and O–H groups in total. The molecule has 0 aliphatic carbocycles. The Morgan fingerprint density at radius 3 is 2.57 bits per heavy atom. The molecule has 0 radical (unpaired) electrons. The van der Waals surface area contributed by atoms with E-state index in [1.807, 2.05) is 0 Å². The third-order valence-corrected chi connectivity index (χ3v) is 2.82. The molecule has 1 heterocycles. The summed E-state index contributed by atoms with van der Waals surface area (Å²) in [6, 6.07) is 9.65. The van der Waals surface area contributed by atoms with Crippen molar-refractivity contribution in [3.63, 3.8) is 0 Å². The highest BCUT2D eigenvalue weighted by molar-refractivity contribution is 6.30. The molecule has 0 bridgehead atoms. The molecule has 2 aromatic rings. The standard InChI is InChI=1S/C14H11ClF3NO2/c15-10-3-1-2-9(6-10)12-5-4-11(7-20)19-13(12)21-8-14(16,17)18/h1-6,20H,7-8H2. The molecule has 0 amide bonds. The predicted molar refractivity (Wildman–Crippen MR) is 72.2 cm³/mol. The van der Waals surface area contributed by atoms with Gasteiger partial charge in [0.2, 0.25) is 5.88 Å². The van der Waals surface area contributed by atoms with Crippen LogP contribution in [0.2, 0.25) is 5.02 Å². The molecular formula is C14H11ClF3NO2. The first-order chi connectivity index (χ1) is 9.89. The molecule has 0 aliphatic heterocycles. The maximum Gasteiger partial charge on any atom is 0.422 e. The molecule has 0 unspecified atom stereocenters. The Balaban J connectivity index is 2.40. The van der Waals surface area contributed by atoms with Gasteiger partial charge in [-0.2, -0.15) is 13.2 Å². The van der Waals surface area contributed by atoms with Gasteiger partial charge >= 0.3 is 6.18 Å². The molecule has 21 heavy (non-hydrogen) atoms. The number of benzene rings is 1. The molecule has 0 atom stereocenters. The lowest BCUT2D eigenvalue weighted by Crippen LogP contribution is -2.20. The number of aliphatic hydroxyl groups is 1. The highest BCUT2D eigenvalue weighted by atomic mass is 35.5. The van der Waals surface area contributed by atoms with Gasteiger partial charge < -0.3 is 9.84 Å². The average Bonchev–Trinajstić information content (AvgIpc) is 2.44. The maximum absolute atomic E-state index is 12.3. The minimum absolute atomic E-state index is 0.193. The monoisotopic (exact) mass is 317 g/mol. The van der Waals surface area contributed by atoms with Crippen molar-refractivity contribution in [2.24, 2.45) is 0 Å². The van der Waals surface area contributed by atoms with E-state index in [-0.39, 0.29) is 11.6 Å². The first kappa shape index (κ1) is 15.6. The van der Waals surface area contributed by atoms with Crippen molar-refractivity contribution in [2.75, 3.05) is 6.61 Å². The van der Waals surface area contributed by atoms with Gasteiger partial charge in [-0.1, -0.05) is 23.7 Å². The lowest BCUT2D eigenvalue weighted by Gasteiger charge is -2.13. The van der Waals surface area contributed by atoms with E-state index in [2.05, 4.69) is 4.98 Å². The van der Waals surface area contributed by atoms with Crippen LogP contribution in [0.25, 0.3) is 11.1 Å². The van der Waals surface area contributed by atoms with Crippen LogP contribution in [0.3, 0.4) is 0 Å². The number of aliphatic hydroxyl groups excluding tert-OH is 1. The summed E-state index contributed by atoms with van der Waals surface area (Å²) in [5.74, 6) is -0.193. The zero-order valence-corrected chi connectivity index (χ0v) is 11.4. The number of alkyl halides is 3. The van der Waals surface area contributed by atoms with Crippen molar-refractivity contribution in [3.05, 3.63) is 47.1 Å². The summed E-state index contributed by atoms with van der Waals surface area (Å²) in [6.45, 7) is -1.85. The summed E-state index contributed by atoms with van der Waals surface area (Å²) < 4.78 is 41.6. The van der Waals surface area contributed by atoms with Crippen LogP contribution in [-0.2, 0) is 6.61 Å². The van der Waals surface area contributed by atoms with Crippen LogP contribution < -0.4 is 4.74 Å². The topological polar surface area (TPSA) is 42.4 Å². The molecule has 0 saturated carbocycles. The predicted octanol–water partition coefficient (Wildman–Crippen LogP) is 3.84. The average molecular weight is 318 g/mol. The van der Waals surface area contributed by atoms with Gasteiger partial charge in [0.1, 0.15) is 0 Å². The molecule has 0 fully saturated rings. The third kappa shape index (κ3) is 4.34. The Bertz CT molecular complexity index is 632. The van der Waals surface area contributed by atoms with Gasteiger partial charge in [0.05, 0.1) is 12.3 Å². The summed E-state index contributed by atoms with van der Waals surface area (Å²) in [5.41, 5.74) is 1.17. The Kier molecular flexibility index (Phi) is 4.69. The third-order valence-electron chi connectivity index (χ3n) is 2.59. The Hall–Kier alpha value is -1.79. The van der Waals surface area contributed by atoms with E-state index in [1.165, 1.54) is 12.1 Å². The summed E-state index contributed by atoms with van der Waals surface area (Å²) in [6.07, 6.45) is -4.47. The van der Waals surface area contributed by atoms with Crippen LogP contribution >= 0.6 is 11.6 Å². The van der Waals surface area contributed by atoms with Crippen molar-refractivity contribution in [3.8, 4) is 17.0 Å². The minimum Gasteiger partial charge on any atom is -0.468 e. The lowest BCUT2D eigenvalue weighted by atomic mass is 10.1. The number of pyridine rings is 1. The van der Waals surface area contributed by atoms with E-state index in [4.69, 9.17) is 21.4 Å². The molecule has 112 valence electrons. The molecule has 0 aliphatic rings. The Morgan fingerprint density at radius 1 is 1.19 bits per heavy atom. The molecular weight excluding hydrogens is 307 g/mol. The van der Waals surface area contributed by atoms with Gasteiger partial charge in [-0.05, 0) is 29.8 Å². The second kappa shape index (κ2) is 6.32. The molecule has 3 nitrogen and oxygen atoms in total. The lowest BCUT2D eigenvalue weighted by molar-refractivity contribution is -0.154. The van der Waals surface area contributed by atoms with E-state index in [0.717, 1.165) is 0 Å². The fourth-order valence-corrected chi connectivity index (χ4v) is 1.89. The number of aromatic nitrogens is 1. The first-order valence-corrected chi connectivity index (χ1v) is 6.33. The number of rotatable bonds is 4. The van der Waals surface area contributed by atoms with E-state index < -0.39 is 19.4 Å². The van der Waals surface area contributed by atoms with Crippen molar-refractivity contribution < 1.29 is 23.0 Å². The Morgan fingerprint density at radius 2 is 1.95 bits per heavy atom. The smallest absolute Gasteiger partial charge is 0.422 e. The van der Waals surface area contributed by atoms with Gasteiger partial charge in [0.25, 0.3) is 0 Å². The fourth-order valence-electron chi connectivity index (χ4n) is 1.70. The van der Waals surface area contributed by atoms with Crippen LogP contribution in [0.5, 0.6) is 5.88 Å². The number of hydrogen-bond acceptors (Lipinski definition) is 3. The molecule has 7 heteroatoms. The molecule has 1 aromatic carbocycles. The van der Waals surface area contributed by atoms with Crippen molar-refractivity contribution >= 4 is 11.6 Å². The zero-order chi connectivity index (χ0) is 15.5. The largest absolute Gasteiger partial charge is 0.468 e. The normalized spacial score (nSPS) is 11.5. The summed E-state index contributed by atoms with van der Waals surface area (Å²) in [7, 11) is 0. The number of ether oxygens (including phenoxy) is 1. The van der Waals surface area contributed by atoms with Gasteiger partial charge in [-0.15, -0.1) is 0 Å². The molecule has 0 saturated heterocycles. The van der Waals surface area contributed by atoms with Gasteiger partial charge in [0.15, 0.2) is 6.61 Å². The maximum atomic E-state index is 12.3. The van der Waals surface area contributed by atoms with Crippen molar-refractivity contribution in [1.82, 2.24) is 4.98 Å². The minimum atomic E-state index is -4.47.